The van der Waals surface area contributed by atoms with Crippen molar-refractivity contribution >= 4 is 33.4 Å². The molecule has 2 aromatic heterocycles. The standard InChI is InChI=1S/C25H25ClFN3O/c1-15(30-25(31-2)22-13-18(26)7-9-24(22)29-30)16-3-5-17(6-4-16)20-11-12-28-23-10-8-19(27)14-21(20)23/h7-17H,3-6H2,1-2H3/t15-,16-,17+/m1/s1. The Hall–Kier alpha value is -2.66. The molecule has 2 aromatic carbocycles. The molecule has 2 heterocycles. The van der Waals surface area contributed by atoms with Crippen LogP contribution < -0.4 is 4.74 Å². The van der Waals surface area contributed by atoms with Crippen molar-refractivity contribution in [3.63, 3.8) is 0 Å². The van der Waals surface area contributed by atoms with Crippen molar-refractivity contribution in [2.75, 3.05) is 7.11 Å². The molecule has 0 N–H and O–H groups in total. The topological polar surface area (TPSA) is 39.9 Å². The second kappa shape index (κ2) is 8.12. The molecule has 0 bridgehead atoms. The first-order valence-corrected chi connectivity index (χ1v) is 11.2. The highest BCUT2D eigenvalue weighted by atomic mass is 35.5. The van der Waals surface area contributed by atoms with Crippen LogP contribution in [0.4, 0.5) is 4.39 Å². The summed E-state index contributed by atoms with van der Waals surface area (Å²) in [6, 6.07) is 12.9. The van der Waals surface area contributed by atoms with Gasteiger partial charge in [0, 0.05) is 16.6 Å². The number of methoxy groups -OCH3 is 1. The molecule has 1 aliphatic rings. The van der Waals surface area contributed by atoms with E-state index in [-0.39, 0.29) is 11.9 Å². The second-order valence-corrected chi connectivity index (χ2v) is 8.97. The summed E-state index contributed by atoms with van der Waals surface area (Å²) in [7, 11) is 1.69. The van der Waals surface area contributed by atoms with Crippen LogP contribution in [0.25, 0.3) is 21.8 Å². The molecule has 0 saturated heterocycles. The number of halogens is 2. The number of nitrogens with zero attached hydrogens (tertiary/aromatic N) is 3. The van der Waals surface area contributed by atoms with E-state index in [1.54, 1.807) is 19.2 Å². The van der Waals surface area contributed by atoms with Crippen LogP contribution in [0.1, 0.15) is 50.1 Å². The maximum absolute atomic E-state index is 13.9. The van der Waals surface area contributed by atoms with Crippen LogP contribution in [0, 0.1) is 11.7 Å². The van der Waals surface area contributed by atoms with E-state index in [0.29, 0.717) is 16.9 Å². The van der Waals surface area contributed by atoms with Crippen LogP contribution in [-0.4, -0.2) is 21.9 Å². The summed E-state index contributed by atoms with van der Waals surface area (Å²) in [4.78, 5) is 4.41. The lowest BCUT2D eigenvalue weighted by molar-refractivity contribution is 0.219. The summed E-state index contributed by atoms with van der Waals surface area (Å²) in [6.45, 7) is 2.22. The Labute approximate surface area is 186 Å². The molecule has 0 radical (unpaired) electrons. The zero-order valence-corrected chi connectivity index (χ0v) is 18.4. The fourth-order valence-electron chi connectivity index (χ4n) is 5.14. The maximum Gasteiger partial charge on any atom is 0.219 e. The molecule has 6 heteroatoms. The molecule has 0 unspecified atom stereocenters. The smallest absolute Gasteiger partial charge is 0.219 e. The van der Waals surface area contributed by atoms with Crippen molar-refractivity contribution in [3.05, 3.63) is 65.1 Å². The Morgan fingerprint density at radius 3 is 2.58 bits per heavy atom. The third-order valence-corrected chi connectivity index (χ3v) is 7.06. The summed E-state index contributed by atoms with van der Waals surface area (Å²) < 4.78 is 21.6. The van der Waals surface area contributed by atoms with Crippen LogP contribution in [0.5, 0.6) is 5.88 Å². The average Bonchev–Trinajstić information content (AvgIpc) is 3.16. The van der Waals surface area contributed by atoms with Gasteiger partial charge in [0.15, 0.2) is 0 Å². The molecule has 5 rings (SSSR count). The molecule has 0 amide bonds. The minimum Gasteiger partial charge on any atom is -0.481 e. The number of ether oxygens (including phenoxy) is 1. The summed E-state index contributed by atoms with van der Waals surface area (Å²) in [5, 5.41) is 7.38. The van der Waals surface area contributed by atoms with Gasteiger partial charge < -0.3 is 4.74 Å². The molecule has 4 aromatic rings. The number of pyridine rings is 1. The van der Waals surface area contributed by atoms with Crippen LogP contribution >= 0.6 is 11.6 Å². The summed E-state index contributed by atoms with van der Waals surface area (Å²) in [6.07, 6.45) is 6.16. The Bertz CT molecular complexity index is 1250. The third-order valence-electron chi connectivity index (χ3n) is 6.82. The highest BCUT2D eigenvalue weighted by molar-refractivity contribution is 6.31. The van der Waals surface area contributed by atoms with Crippen LogP contribution in [0.2, 0.25) is 5.02 Å². The normalized spacial score (nSPS) is 20.3. The minimum atomic E-state index is -0.206. The monoisotopic (exact) mass is 437 g/mol. The van der Waals surface area contributed by atoms with Gasteiger partial charge in [0.1, 0.15) is 5.82 Å². The van der Waals surface area contributed by atoms with Crippen molar-refractivity contribution in [3.8, 4) is 5.88 Å². The zero-order chi connectivity index (χ0) is 21.5. The van der Waals surface area contributed by atoms with E-state index in [4.69, 9.17) is 21.4 Å². The SMILES string of the molecule is COc1c2cc(Cl)ccc2nn1[C@H](C)[C@H]1CC[C@@H](c2ccnc3ccc(F)cc32)CC1. The van der Waals surface area contributed by atoms with Gasteiger partial charge in [0.25, 0.3) is 0 Å². The van der Waals surface area contributed by atoms with Crippen molar-refractivity contribution in [1.29, 1.82) is 0 Å². The number of rotatable bonds is 4. The van der Waals surface area contributed by atoms with Gasteiger partial charge in [-0.1, -0.05) is 11.6 Å². The fraction of sp³-hybridized carbons (Fsp3) is 0.360. The largest absolute Gasteiger partial charge is 0.481 e. The van der Waals surface area contributed by atoms with Crippen molar-refractivity contribution < 1.29 is 9.13 Å². The zero-order valence-electron chi connectivity index (χ0n) is 17.7. The molecule has 4 nitrogen and oxygen atoms in total. The Kier molecular flexibility index (Phi) is 5.30. The summed E-state index contributed by atoms with van der Waals surface area (Å²) in [5.74, 6) is 1.48. The Morgan fingerprint density at radius 2 is 1.81 bits per heavy atom. The first kappa shape index (κ1) is 20.3. The van der Waals surface area contributed by atoms with Gasteiger partial charge in [0.05, 0.1) is 29.6 Å². The predicted molar refractivity (Wildman–Crippen MR) is 122 cm³/mol. The van der Waals surface area contributed by atoms with Crippen LogP contribution in [0.15, 0.2) is 48.7 Å². The summed E-state index contributed by atoms with van der Waals surface area (Å²) in [5.41, 5.74) is 2.97. The maximum atomic E-state index is 13.9. The number of aromatic nitrogens is 3. The molecular weight excluding hydrogens is 413 g/mol. The molecule has 1 fully saturated rings. The van der Waals surface area contributed by atoms with Gasteiger partial charge in [-0.15, -0.1) is 0 Å². The quantitative estimate of drug-likeness (QED) is 0.348. The van der Waals surface area contributed by atoms with Gasteiger partial charge in [-0.05, 0) is 92.5 Å². The first-order valence-electron chi connectivity index (χ1n) is 10.8. The fourth-order valence-corrected chi connectivity index (χ4v) is 5.31. The first-order chi connectivity index (χ1) is 15.0. The molecule has 1 saturated carbocycles. The second-order valence-electron chi connectivity index (χ2n) is 8.53. The number of fused-ring (bicyclic) bond motifs is 2. The van der Waals surface area contributed by atoms with Gasteiger partial charge >= 0.3 is 0 Å². The van der Waals surface area contributed by atoms with E-state index in [1.807, 2.05) is 29.1 Å². The molecule has 31 heavy (non-hydrogen) atoms. The molecule has 1 atom stereocenters. The van der Waals surface area contributed by atoms with E-state index in [1.165, 1.54) is 11.6 Å². The van der Waals surface area contributed by atoms with Gasteiger partial charge in [-0.2, -0.15) is 5.10 Å². The van der Waals surface area contributed by atoms with E-state index < -0.39 is 0 Å². The average molecular weight is 438 g/mol. The Morgan fingerprint density at radius 1 is 1.03 bits per heavy atom. The number of hydrogen-bond donors (Lipinski definition) is 0. The minimum absolute atomic E-state index is 0.206. The molecule has 0 spiro atoms. The molecular formula is C25H25ClFN3O. The van der Waals surface area contributed by atoms with Crippen molar-refractivity contribution in [2.45, 2.75) is 44.6 Å². The highest BCUT2D eigenvalue weighted by Gasteiger charge is 2.30. The van der Waals surface area contributed by atoms with Crippen LogP contribution in [0.3, 0.4) is 0 Å². The van der Waals surface area contributed by atoms with Gasteiger partial charge in [0.2, 0.25) is 5.88 Å². The van der Waals surface area contributed by atoms with E-state index >= 15 is 0 Å². The van der Waals surface area contributed by atoms with Gasteiger partial charge in [-0.3, -0.25) is 4.98 Å². The molecule has 1 aliphatic carbocycles. The number of hydrogen-bond acceptors (Lipinski definition) is 3. The van der Waals surface area contributed by atoms with E-state index in [9.17, 15) is 4.39 Å². The van der Waals surface area contributed by atoms with E-state index in [2.05, 4.69) is 18.0 Å². The highest BCUT2D eigenvalue weighted by Crippen LogP contribution is 2.43. The van der Waals surface area contributed by atoms with Crippen molar-refractivity contribution in [1.82, 2.24) is 14.8 Å². The summed E-state index contributed by atoms with van der Waals surface area (Å²) >= 11 is 6.19. The van der Waals surface area contributed by atoms with Gasteiger partial charge in [-0.25, -0.2) is 9.07 Å². The molecule has 0 aliphatic heterocycles. The lowest BCUT2D eigenvalue weighted by Crippen LogP contribution is -2.23. The Balaban J connectivity index is 1.38. The lowest BCUT2D eigenvalue weighted by atomic mass is 9.75. The predicted octanol–water partition coefficient (Wildman–Crippen LogP) is 6.92. The van der Waals surface area contributed by atoms with E-state index in [0.717, 1.165) is 53.4 Å². The van der Waals surface area contributed by atoms with Crippen molar-refractivity contribution in [2.24, 2.45) is 5.92 Å². The van der Waals surface area contributed by atoms with Crippen LogP contribution in [-0.2, 0) is 0 Å². The lowest BCUT2D eigenvalue weighted by Gasteiger charge is -2.33. The number of benzene rings is 2. The molecule has 160 valence electrons. The third kappa shape index (κ3) is 3.65.